The van der Waals surface area contributed by atoms with Crippen LogP contribution in [-0.2, 0) is 65.4 Å². The van der Waals surface area contributed by atoms with Crippen LogP contribution in [0.15, 0.2) is 134 Å². The van der Waals surface area contributed by atoms with E-state index in [0.717, 1.165) is 173 Å². The second-order valence-corrected chi connectivity index (χ2v) is 26.7. The van der Waals surface area contributed by atoms with Gasteiger partial charge in [0.05, 0.1) is 26.4 Å². The van der Waals surface area contributed by atoms with E-state index < -0.39 is 97.5 Å². The zero-order chi connectivity index (χ0) is 70.4. The Morgan fingerprint density at radius 1 is 0.302 bits per heavy atom. The van der Waals surface area contributed by atoms with E-state index in [1.165, 1.54) is 12.8 Å². The highest BCUT2D eigenvalue weighted by molar-refractivity contribution is 7.47. The predicted octanol–water partition coefficient (Wildman–Crippen LogP) is 20.5. The minimum atomic E-state index is -4.99. The van der Waals surface area contributed by atoms with E-state index in [4.69, 9.17) is 37.0 Å². The van der Waals surface area contributed by atoms with E-state index in [1.807, 2.05) is 18.2 Å². The predicted molar refractivity (Wildman–Crippen MR) is 390 cm³/mol. The summed E-state index contributed by atoms with van der Waals surface area (Å²) >= 11 is 0. The van der Waals surface area contributed by atoms with Crippen LogP contribution in [0.4, 0.5) is 0 Å². The lowest BCUT2D eigenvalue weighted by atomic mass is 10.1. The second-order valence-electron chi connectivity index (χ2n) is 23.8. The van der Waals surface area contributed by atoms with Gasteiger partial charge in [0, 0.05) is 25.7 Å². The minimum Gasteiger partial charge on any atom is -0.462 e. The quantitative estimate of drug-likeness (QED) is 0.0169. The highest BCUT2D eigenvalue weighted by Crippen LogP contribution is 2.45. The SMILES string of the molecule is CC/C=C\C/C=C\C/C=C\C/C=C\C/C=C\C/C=C\CCC(=O)OCC(COP(=O)(O)OCC(O)COP(=O)(O)OCC(COC(=O)CCCCCCC/C=C\C/C=C\CCC)OC(=O)CCCCCCC/C=C\C/C=C\CCC)OC(=O)CCCCCCC/C=C\CCCC. The van der Waals surface area contributed by atoms with Gasteiger partial charge in [0.2, 0.25) is 0 Å². The molecule has 0 aromatic heterocycles. The largest absolute Gasteiger partial charge is 0.472 e. The van der Waals surface area contributed by atoms with Crippen LogP contribution >= 0.6 is 15.6 Å². The van der Waals surface area contributed by atoms with Crippen LogP contribution in [0.1, 0.15) is 272 Å². The number of hydrogen-bond donors (Lipinski definition) is 3. The zero-order valence-corrected chi connectivity index (χ0v) is 61.3. The maximum atomic E-state index is 13.0. The molecule has 0 aliphatic heterocycles. The number of aliphatic hydroxyl groups excluding tert-OH is 1. The number of ether oxygens (including phenoxy) is 4. The summed E-state index contributed by atoms with van der Waals surface area (Å²) in [5.41, 5.74) is 0. The van der Waals surface area contributed by atoms with Gasteiger partial charge < -0.3 is 33.8 Å². The smallest absolute Gasteiger partial charge is 0.462 e. The van der Waals surface area contributed by atoms with Crippen molar-refractivity contribution in [3.63, 3.8) is 0 Å². The van der Waals surface area contributed by atoms with Crippen molar-refractivity contribution < 1.29 is 80.2 Å². The third kappa shape index (κ3) is 67.8. The van der Waals surface area contributed by atoms with Crippen molar-refractivity contribution in [1.29, 1.82) is 0 Å². The van der Waals surface area contributed by atoms with Crippen molar-refractivity contribution in [2.24, 2.45) is 0 Å². The lowest BCUT2D eigenvalue weighted by molar-refractivity contribution is -0.161. The highest BCUT2D eigenvalue weighted by Gasteiger charge is 2.30. The molecule has 5 atom stereocenters. The number of rotatable bonds is 67. The number of phosphoric acid groups is 2. The molecule has 0 aliphatic carbocycles. The molecular formula is C77H128O17P2. The summed E-state index contributed by atoms with van der Waals surface area (Å²) in [4.78, 5) is 72.6. The number of phosphoric ester groups is 2. The number of allylic oxidation sites excluding steroid dienone is 22. The highest BCUT2D eigenvalue weighted by atomic mass is 31.2. The van der Waals surface area contributed by atoms with Crippen LogP contribution in [0.25, 0.3) is 0 Å². The topological polar surface area (TPSA) is 237 Å². The van der Waals surface area contributed by atoms with Crippen LogP contribution in [-0.4, -0.2) is 96.7 Å². The molecule has 0 fully saturated rings. The third-order valence-corrected chi connectivity index (χ3v) is 16.4. The molecule has 0 heterocycles. The molecule has 548 valence electrons. The van der Waals surface area contributed by atoms with Gasteiger partial charge in [-0.2, -0.15) is 0 Å². The number of esters is 4. The number of carbonyl (C=O) groups is 4. The van der Waals surface area contributed by atoms with Crippen LogP contribution in [0.3, 0.4) is 0 Å². The number of aliphatic hydroxyl groups is 1. The average molecular weight is 1390 g/mol. The minimum absolute atomic E-state index is 0.0313. The first-order valence-electron chi connectivity index (χ1n) is 36.4. The fourth-order valence-electron chi connectivity index (χ4n) is 9.01. The Bertz CT molecular complexity index is 2350. The third-order valence-electron chi connectivity index (χ3n) is 14.5. The molecule has 96 heavy (non-hydrogen) atoms. The van der Waals surface area contributed by atoms with Gasteiger partial charge in [-0.05, 0) is 135 Å². The molecular weight excluding hydrogens is 1260 g/mol. The van der Waals surface area contributed by atoms with Gasteiger partial charge in [-0.15, -0.1) is 0 Å². The van der Waals surface area contributed by atoms with E-state index in [-0.39, 0.29) is 25.7 Å². The lowest BCUT2D eigenvalue weighted by Gasteiger charge is -2.21. The molecule has 17 nitrogen and oxygen atoms in total. The van der Waals surface area contributed by atoms with Gasteiger partial charge in [-0.1, -0.05) is 245 Å². The summed E-state index contributed by atoms with van der Waals surface area (Å²) < 4.78 is 68.2. The van der Waals surface area contributed by atoms with Crippen molar-refractivity contribution >= 4 is 39.5 Å². The van der Waals surface area contributed by atoms with Gasteiger partial charge in [0.1, 0.15) is 19.3 Å². The Morgan fingerprint density at radius 2 is 0.583 bits per heavy atom. The summed E-state index contributed by atoms with van der Waals surface area (Å²) in [6.07, 6.45) is 74.8. The van der Waals surface area contributed by atoms with Crippen LogP contribution in [0.2, 0.25) is 0 Å². The molecule has 19 heteroatoms. The molecule has 3 N–H and O–H groups in total. The van der Waals surface area contributed by atoms with Crippen molar-refractivity contribution in [3.8, 4) is 0 Å². The van der Waals surface area contributed by atoms with Crippen molar-refractivity contribution in [3.05, 3.63) is 134 Å². The van der Waals surface area contributed by atoms with E-state index in [9.17, 15) is 43.2 Å². The molecule has 5 unspecified atom stereocenters. The van der Waals surface area contributed by atoms with E-state index in [2.05, 4.69) is 143 Å². The van der Waals surface area contributed by atoms with E-state index in [0.29, 0.717) is 32.1 Å². The molecule has 0 aromatic carbocycles. The first-order chi connectivity index (χ1) is 46.7. The van der Waals surface area contributed by atoms with Gasteiger partial charge >= 0.3 is 39.5 Å². The van der Waals surface area contributed by atoms with Crippen molar-refractivity contribution in [1.82, 2.24) is 0 Å². The number of carbonyl (C=O) groups excluding carboxylic acids is 4. The van der Waals surface area contributed by atoms with E-state index in [1.54, 1.807) is 0 Å². The summed E-state index contributed by atoms with van der Waals surface area (Å²) in [7, 11) is -9.97. The van der Waals surface area contributed by atoms with Gasteiger partial charge in [-0.3, -0.25) is 37.3 Å². The summed E-state index contributed by atoms with van der Waals surface area (Å²) in [5, 5.41) is 10.6. The molecule has 0 spiro atoms. The molecule has 0 radical (unpaired) electrons. The van der Waals surface area contributed by atoms with Gasteiger partial charge in [0.25, 0.3) is 0 Å². The number of unbranched alkanes of at least 4 members (excludes halogenated alkanes) is 19. The van der Waals surface area contributed by atoms with E-state index >= 15 is 0 Å². The maximum absolute atomic E-state index is 13.0. The Hall–Kier alpha value is -4.80. The summed E-state index contributed by atoms with van der Waals surface area (Å²) in [6, 6.07) is 0. The lowest BCUT2D eigenvalue weighted by Crippen LogP contribution is -2.30. The fraction of sp³-hybridized carbons (Fsp3) is 0.662. The second kappa shape index (κ2) is 68.7. The normalized spacial score (nSPS) is 14.8. The van der Waals surface area contributed by atoms with Crippen LogP contribution < -0.4 is 0 Å². The Kier molecular flexibility index (Phi) is 65.3. The molecule has 0 amide bonds. The monoisotopic (exact) mass is 1390 g/mol. The Labute approximate surface area is 580 Å². The molecule has 0 aliphatic rings. The summed E-state index contributed by atoms with van der Waals surface area (Å²) in [6.45, 7) is 4.43. The first kappa shape index (κ1) is 91.2. The molecule has 0 aromatic rings. The Balaban J connectivity index is 5.40. The van der Waals surface area contributed by atoms with Crippen LogP contribution in [0, 0.1) is 0 Å². The molecule has 0 saturated heterocycles. The van der Waals surface area contributed by atoms with Crippen molar-refractivity contribution in [2.75, 3.05) is 39.6 Å². The molecule has 0 saturated carbocycles. The van der Waals surface area contributed by atoms with Gasteiger partial charge in [0.15, 0.2) is 12.2 Å². The average Bonchev–Trinajstić information content (AvgIpc) is 1.11. The van der Waals surface area contributed by atoms with Gasteiger partial charge in [-0.25, -0.2) is 9.13 Å². The number of hydrogen-bond acceptors (Lipinski definition) is 15. The first-order valence-corrected chi connectivity index (χ1v) is 39.4. The fourth-order valence-corrected chi connectivity index (χ4v) is 10.6. The van der Waals surface area contributed by atoms with Crippen LogP contribution in [0.5, 0.6) is 0 Å². The zero-order valence-electron chi connectivity index (χ0n) is 59.5. The standard InChI is InChI=1S/C77H128O17P2/c1-5-9-13-17-21-25-29-32-33-34-35-36-37-40-43-46-50-54-58-62-75(80)88-67-72(93-76(81)63-59-55-51-47-41-28-24-20-16-12-8-4)69-91-95(83,84)89-65-71(78)66-90-96(85,86)92-70-73(94-77(82)64-60-56-52-48-44-39-31-27-23-19-15-11-7-3)68-87-74(79)61-57-53-49-45-42-38-30-26-22-18-14-10-6-2/h9,13-15,18-21,24-27,30-33,35-36,40,43,50,54,71-73,78H,5-8,10-12,16-17,22-23,28-29,34,37-39,41-42,44-49,51-53,55-70H2,1-4H3,(H,83,84)(H,85,86)/b13-9-,18-14-,19-15-,24-20-,25-21-,30-26-,31-27-,33-32-,36-35-,43-40-,54-50-. The van der Waals surface area contributed by atoms with Crippen molar-refractivity contribution in [2.45, 2.75) is 290 Å². The maximum Gasteiger partial charge on any atom is 0.472 e. The summed E-state index contributed by atoms with van der Waals surface area (Å²) in [5.74, 6) is -2.32. The Morgan fingerprint density at radius 3 is 0.948 bits per heavy atom. The molecule has 0 bridgehead atoms. The molecule has 0 rings (SSSR count).